The number of hydrogen-bond acceptors (Lipinski definition) is 0. The smallest absolute Gasteiger partial charge is 0.134 e. The molecule has 2 aliphatic rings. The largest absolute Gasteiger partial charge is 0.206 e. The first-order chi connectivity index (χ1) is 15.7. The van der Waals surface area contributed by atoms with E-state index in [2.05, 4.69) is 38.1 Å². The molecule has 1 heteroatoms. The first-order valence-electron chi connectivity index (χ1n) is 13.9. The van der Waals surface area contributed by atoms with Crippen LogP contribution in [0.3, 0.4) is 0 Å². The van der Waals surface area contributed by atoms with Crippen molar-refractivity contribution in [2.45, 2.75) is 116 Å². The molecule has 2 fully saturated rings. The highest BCUT2D eigenvalue weighted by Gasteiger charge is 2.26. The molecular formula is C31H45F. The van der Waals surface area contributed by atoms with Gasteiger partial charge in [0.05, 0.1) is 0 Å². The van der Waals surface area contributed by atoms with Crippen LogP contribution in [0.5, 0.6) is 0 Å². The number of fused-ring (bicyclic) bond motifs is 1. The minimum absolute atomic E-state index is 0.0544. The Morgan fingerprint density at radius 3 is 2.06 bits per heavy atom. The fourth-order valence-corrected chi connectivity index (χ4v) is 6.57. The molecule has 0 unspecified atom stereocenters. The molecule has 0 N–H and O–H groups in total. The van der Waals surface area contributed by atoms with Crippen LogP contribution in [0.4, 0.5) is 4.39 Å². The molecule has 0 saturated heterocycles. The van der Waals surface area contributed by atoms with E-state index in [4.69, 9.17) is 0 Å². The van der Waals surface area contributed by atoms with Gasteiger partial charge in [-0.2, -0.15) is 0 Å². The lowest BCUT2D eigenvalue weighted by Crippen LogP contribution is -2.18. The Morgan fingerprint density at radius 1 is 0.750 bits per heavy atom. The predicted molar refractivity (Wildman–Crippen MR) is 137 cm³/mol. The average Bonchev–Trinajstić information content (AvgIpc) is 2.84. The fourth-order valence-electron chi connectivity index (χ4n) is 6.57. The summed E-state index contributed by atoms with van der Waals surface area (Å²) in [4.78, 5) is 0. The maximum Gasteiger partial charge on any atom is 0.134 e. The summed E-state index contributed by atoms with van der Waals surface area (Å²) in [6.45, 7) is 4.59. The molecule has 176 valence electrons. The van der Waals surface area contributed by atoms with Crippen LogP contribution in [0.2, 0.25) is 0 Å². The van der Waals surface area contributed by atoms with Gasteiger partial charge in [0.25, 0.3) is 0 Å². The maximum absolute atomic E-state index is 15.4. The normalized spacial score (nSPS) is 26.5. The predicted octanol–water partition coefficient (Wildman–Crippen LogP) is 9.98. The van der Waals surface area contributed by atoms with Crippen LogP contribution in [0, 0.1) is 23.6 Å². The summed E-state index contributed by atoms with van der Waals surface area (Å²) in [5, 5.41) is 1.90. The van der Waals surface area contributed by atoms with E-state index in [-0.39, 0.29) is 5.82 Å². The Bertz CT molecular complexity index is 837. The van der Waals surface area contributed by atoms with E-state index in [9.17, 15) is 0 Å². The minimum atomic E-state index is 0.0544. The van der Waals surface area contributed by atoms with E-state index < -0.39 is 0 Å². The molecule has 0 amide bonds. The van der Waals surface area contributed by atoms with Crippen LogP contribution in [0.15, 0.2) is 30.3 Å². The molecule has 2 aliphatic carbocycles. The van der Waals surface area contributed by atoms with E-state index in [0.717, 1.165) is 40.5 Å². The Labute approximate surface area is 196 Å². The molecule has 0 aliphatic heterocycles. The monoisotopic (exact) mass is 436 g/mol. The lowest BCUT2D eigenvalue weighted by atomic mass is 9.74. The third-order valence-electron chi connectivity index (χ3n) is 8.93. The fraction of sp³-hybridized carbons (Fsp3) is 0.677. The van der Waals surface area contributed by atoms with E-state index in [1.165, 1.54) is 95.5 Å². The van der Waals surface area contributed by atoms with Crippen molar-refractivity contribution >= 4 is 10.8 Å². The van der Waals surface area contributed by atoms with Gasteiger partial charge in [-0.05, 0) is 78.7 Å². The second kappa shape index (κ2) is 11.7. The maximum atomic E-state index is 15.4. The van der Waals surface area contributed by atoms with Gasteiger partial charge in [-0.15, -0.1) is 0 Å². The number of rotatable bonds is 9. The SMILES string of the molecule is CCCCCc1ccc2c(F)c(C3CCC(CCC4CCC(CC)CC4)CC3)ccc2c1. The topological polar surface area (TPSA) is 0 Å². The van der Waals surface area contributed by atoms with E-state index in [0.29, 0.717) is 5.92 Å². The van der Waals surface area contributed by atoms with E-state index in [1.54, 1.807) is 0 Å². The van der Waals surface area contributed by atoms with Crippen LogP contribution >= 0.6 is 0 Å². The Morgan fingerprint density at radius 2 is 1.41 bits per heavy atom. The minimum Gasteiger partial charge on any atom is -0.206 e. The van der Waals surface area contributed by atoms with Crippen molar-refractivity contribution in [1.29, 1.82) is 0 Å². The molecule has 0 nitrogen and oxygen atoms in total. The molecule has 0 aromatic heterocycles. The molecule has 2 saturated carbocycles. The molecule has 2 aromatic rings. The standard InChI is InChI=1S/C31H45F/c1-3-5-6-7-26-16-20-30-28(22-26)19-21-29(31(30)32)27-17-14-25(15-18-27)13-12-24-10-8-23(4-2)9-11-24/h16,19-25,27H,3-15,17-18H2,1-2H3. The summed E-state index contributed by atoms with van der Waals surface area (Å²) in [5.41, 5.74) is 2.33. The Hall–Kier alpha value is -1.37. The van der Waals surface area contributed by atoms with Crippen LogP contribution in [0.25, 0.3) is 10.8 Å². The number of benzene rings is 2. The highest BCUT2D eigenvalue weighted by Crippen LogP contribution is 2.41. The zero-order chi connectivity index (χ0) is 22.3. The van der Waals surface area contributed by atoms with Crippen LogP contribution < -0.4 is 0 Å². The van der Waals surface area contributed by atoms with Crippen LogP contribution in [0.1, 0.15) is 121 Å². The molecule has 0 atom stereocenters. The van der Waals surface area contributed by atoms with Crippen molar-refractivity contribution in [2.75, 3.05) is 0 Å². The summed E-state index contributed by atoms with van der Waals surface area (Å²) in [6, 6.07) is 10.7. The highest BCUT2D eigenvalue weighted by atomic mass is 19.1. The Balaban J connectivity index is 1.29. The van der Waals surface area contributed by atoms with Gasteiger partial charge in [-0.1, -0.05) is 102 Å². The lowest BCUT2D eigenvalue weighted by molar-refractivity contribution is 0.227. The van der Waals surface area contributed by atoms with Gasteiger partial charge in [-0.3, -0.25) is 0 Å². The molecule has 0 heterocycles. The molecule has 2 aromatic carbocycles. The first kappa shape index (κ1) is 23.8. The summed E-state index contributed by atoms with van der Waals surface area (Å²) in [5.74, 6) is 3.34. The van der Waals surface area contributed by atoms with Gasteiger partial charge >= 0.3 is 0 Å². The van der Waals surface area contributed by atoms with Gasteiger partial charge in [0, 0.05) is 5.39 Å². The average molecular weight is 437 g/mol. The van der Waals surface area contributed by atoms with Crippen LogP contribution in [-0.2, 0) is 6.42 Å². The lowest BCUT2D eigenvalue weighted by Gasteiger charge is -2.32. The van der Waals surface area contributed by atoms with Crippen molar-refractivity contribution in [1.82, 2.24) is 0 Å². The third kappa shape index (κ3) is 5.95. The van der Waals surface area contributed by atoms with Gasteiger partial charge in [0.1, 0.15) is 5.82 Å². The van der Waals surface area contributed by atoms with E-state index >= 15 is 4.39 Å². The van der Waals surface area contributed by atoms with Crippen molar-refractivity contribution in [2.24, 2.45) is 17.8 Å². The first-order valence-corrected chi connectivity index (χ1v) is 13.9. The highest BCUT2D eigenvalue weighted by molar-refractivity contribution is 5.84. The van der Waals surface area contributed by atoms with E-state index in [1.807, 2.05) is 6.07 Å². The Kier molecular flexibility index (Phi) is 8.67. The zero-order valence-electron chi connectivity index (χ0n) is 20.7. The zero-order valence-corrected chi connectivity index (χ0v) is 20.7. The van der Waals surface area contributed by atoms with Gasteiger partial charge in [0.2, 0.25) is 0 Å². The summed E-state index contributed by atoms with van der Waals surface area (Å²) in [7, 11) is 0. The number of hydrogen-bond donors (Lipinski definition) is 0. The summed E-state index contributed by atoms with van der Waals surface area (Å²) < 4.78 is 15.4. The summed E-state index contributed by atoms with van der Waals surface area (Å²) >= 11 is 0. The van der Waals surface area contributed by atoms with Crippen molar-refractivity contribution in [3.05, 3.63) is 47.3 Å². The number of halogens is 1. The summed E-state index contributed by atoms with van der Waals surface area (Å²) in [6.07, 6.45) is 19.9. The van der Waals surface area contributed by atoms with Gasteiger partial charge < -0.3 is 0 Å². The molecule has 4 rings (SSSR count). The van der Waals surface area contributed by atoms with Crippen molar-refractivity contribution < 1.29 is 4.39 Å². The van der Waals surface area contributed by atoms with Crippen molar-refractivity contribution in [3.8, 4) is 0 Å². The molecule has 0 radical (unpaired) electrons. The molecule has 32 heavy (non-hydrogen) atoms. The quantitative estimate of drug-likeness (QED) is 0.343. The molecule has 0 bridgehead atoms. The molecular weight excluding hydrogens is 391 g/mol. The van der Waals surface area contributed by atoms with Crippen molar-refractivity contribution in [3.63, 3.8) is 0 Å². The number of aryl methyl sites for hydroxylation is 1. The third-order valence-corrected chi connectivity index (χ3v) is 8.93. The van der Waals surface area contributed by atoms with Gasteiger partial charge in [-0.25, -0.2) is 4.39 Å². The number of unbranched alkanes of at least 4 members (excludes halogenated alkanes) is 2. The van der Waals surface area contributed by atoms with Gasteiger partial charge in [0.15, 0.2) is 0 Å². The second-order valence-corrected chi connectivity index (χ2v) is 11.1. The van der Waals surface area contributed by atoms with Crippen LogP contribution in [-0.4, -0.2) is 0 Å². The molecule has 0 spiro atoms. The second-order valence-electron chi connectivity index (χ2n) is 11.1.